The Morgan fingerprint density at radius 1 is 1.17 bits per heavy atom. The third kappa shape index (κ3) is 9.29. The molecule has 0 bridgehead atoms. The number of allylic oxidation sites excluding steroid dienone is 2. The molecule has 0 aliphatic heterocycles. The zero-order valence-corrected chi connectivity index (χ0v) is 12.1. The van der Waals surface area contributed by atoms with Gasteiger partial charge in [-0.1, -0.05) is 61.3 Å². The van der Waals surface area contributed by atoms with Gasteiger partial charge in [-0.15, -0.1) is 0 Å². The van der Waals surface area contributed by atoms with Crippen LogP contribution in [0.25, 0.3) is 0 Å². The third-order valence-corrected chi connectivity index (χ3v) is 3.24. The van der Waals surface area contributed by atoms with Crippen molar-refractivity contribution in [2.45, 2.75) is 45.4 Å². The van der Waals surface area contributed by atoms with Gasteiger partial charge in [-0.05, 0) is 39.0 Å². The first-order valence-electron chi connectivity index (χ1n) is 4.71. The lowest BCUT2D eigenvalue weighted by Crippen LogP contribution is -1.79. The van der Waals surface area contributed by atoms with Gasteiger partial charge in [0, 0.05) is 4.43 Å². The molecule has 0 heterocycles. The number of halogens is 2. The smallest absolute Gasteiger partial charge is 0.0186 e. The van der Waals surface area contributed by atoms with Crippen molar-refractivity contribution in [3.63, 3.8) is 0 Å². The van der Waals surface area contributed by atoms with Crippen molar-refractivity contribution in [1.29, 1.82) is 0 Å². The molecule has 0 rings (SSSR count). The van der Waals surface area contributed by atoms with E-state index >= 15 is 0 Å². The second-order valence-corrected chi connectivity index (χ2v) is 5.24. The highest BCUT2D eigenvalue weighted by atomic mass is 127. The average molecular weight is 392 g/mol. The number of hydrogen-bond acceptors (Lipinski definition) is 0. The maximum atomic E-state index is 2.46. The molecule has 0 unspecified atom stereocenters. The van der Waals surface area contributed by atoms with E-state index in [9.17, 15) is 0 Å². The quantitative estimate of drug-likeness (QED) is 0.321. The predicted molar refractivity (Wildman–Crippen MR) is 74.4 cm³/mol. The highest BCUT2D eigenvalue weighted by Crippen LogP contribution is 2.16. The summed E-state index contributed by atoms with van der Waals surface area (Å²) < 4.78 is 2.70. The molecular formula is C10H18I2. The van der Waals surface area contributed by atoms with Gasteiger partial charge in [0.1, 0.15) is 0 Å². The second kappa shape index (κ2) is 10.3. The largest absolute Gasteiger partial charge is 0.0818 e. The molecule has 0 saturated carbocycles. The molecule has 0 saturated heterocycles. The molecule has 2 heteroatoms. The van der Waals surface area contributed by atoms with Crippen molar-refractivity contribution >= 4 is 45.2 Å². The SMILES string of the molecule is CCCCCCC/C(I)=C/CI. The van der Waals surface area contributed by atoms with E-state index in [4.69, 9.17) is 0 Å². The minimum absolute atomic E-state index is 1.16. The van der Waals surface area contributed by atoms with Crippen LogP contribution in [0.2, 0.25) is 0 Å². The fourth-order valence-electron chi connectivity index (χ4n) is 1.08. The first kappa shape index (κ1) is 13.2. The molecule has 12 heavy (non-hydrogen) atoms. The van der Waals surface area contributed by atoms with E-state index in [2.05, 4.69) is 58.2 Å². The zero-order chi connectivity index (χ0) is 9.23. The molecule has 0 aromatic rings. The summed E-state index contributed by atoms with van der Waals surface area (Å²) in [6.07, 6.45) is 10.6. The van der Waals surface area contributed by atoms with Crippen LogP contribution in [-0.4, -0.2) is 4.43 Å². The Kier molecular flexibility index (Phi) is 11.3. The Balaban J connectivity index is 3.14. The molecule has 0 fully saturated rings. The van der Waals surface area contributed by atoms with Gasteiger partial charge in [-0.2, -0.15) is 0 Å². The molecular weight excluding hydrogens is 374 g/mol. The molecule has 0 aromatic carbocycles. The van der Waals surface area contributed by atoms with E-state index in [1.54, 1.807) is 3.58 Å². The van der Waals surface area contributed by atoms with Gasteiger partial charge in [-0.3, -0.25) is 0 Å². The summed E-state index contributed by atoms with van der Waals surface area (Å²) in [5, 5.41) is 0. The number of rotatable bonds is 7. The van der Waals surface area contributed by atoms with Crippen LogP contribution >= 0.6 is 45.2 Å². The molecule has 0 nitrogen and oxygen atoms in total. The van der Waals surface area contributed by atoms with Crippen LogP contribution in [0.15, 0.2) is 9.66 Å². The minimum atomic E-state index is 1.16. The van der Waals surface area contributed by atoms with E-state index in [-0.39, 0.29) is 0 Å². The average Bonchev–Trinajstić information content (AvgIpc) is 2.05. The molecule has 0 radical (unpaired) electrons. The van der Waals surface area contributed by atoms with Crippen molar-refractivity contribution < 1.29 is 0 Å². The van der Waals surface area contributed by atoms with Gasteiger partial charge in [0.15, 0.2) is 0 Å². The number of hydrogen-bond donors (Lipinski definition) is 0. The summed E-state index contributed by atoms with van der Waals surface area (Å²) in [6.45, 7) is 2.26. The van der Waals surface area contributed by atoms with E-state index in [0.717, 1.165) is 4.43 Å². The number of alkyl halides is 1. The lowest BCUT2D eigenvalue weighted by atomic mass is 10.1. The van der Waals surface area contributed by atoms with Crippen molar-refractivity contribution in [2.75, 3.05) is 4.43 Å². The van der Waals surface area contributed by atoms with Crippen LogP contribution in [-0.2, 0) is 0 Å². The summed E-state index contributed by atoms with van der Waals surface area (Å²) in [6, 6.07) is 0. The van der Waals surface area contributed by atoms with Gasteiger partial charge in [0.2, 0.25) is 0 Å². The normalized spacial score (nSPS) is 12.1. The second-order valence-electron chi connectivity index (χ2n) is 2.97. The fourth-order valence-corrected chi connectivity index (χ4v) is 3.06. The molecule has 0 aliphatic rings. The summed E-state index contributed by atoms with van der Waals surface area (Å²) in [5.41, 5.74) is 0. The van der Waals surface area contributed by atoms with Crippen molar-refractivity contribution in [1.82, 2.24) is 0 Å². The van der Waals surface area contributed by atoms with Gasteiger partial charge in [-0.25, -0.2) is 0 Å². The van der Waals surface area contributed by atoms with Crippen molar-refractivity contribution in [3.05, 3.63) is 9.66 Å². The maximum Gasteiger partial charge on any atom is 0.0186 e. The van der Waals surface area contributed by atoms with E-state index in [1.165, 1.54) is 38.5 Å². The Morgan fingerprint density at radius 2 is 1.83 bits per heavy atom. The molecule has 0 atom stereocenters. The Bertz CT molecular complexity index is 119. The van der Waals surface area contributed by atoms with Crippen molar-refractivity contribution in [2.24, 2.45) is 0 Å². The van der Waals surface area contributed by atoms with Crippen LogP contribution in [0.4, 0.5) is 0 Å². The Labute approximate surface area is 104 Å². The number of unbranched alkanes of at least 4 members (excludes halogenated alkanes) is 4. The lowest BCUT2D eigenvalue weighted by Gasteiger charge is -1.99. The van der Waals surface area contributed by atoms with Crippen LogP contribution in [0.1, 0.15) is 45.4 Å². The van der Waals surface area contributed by atoms with E-state index in [0.29, 0.717) is 0 Å². The highest BCUT2D eigenvalue weighted by Gasteiger charge is 1.92. The van der Waals surface area contributed by atoms with E-state index in [1.807, 2.05) is 0 Å². The van der Waals surface area contributed by atoms with Gasteiger partial charge in [0.25, 0.3) is 0 Å². The van der Waals surface area contributed by atoms with Crippen LogP contribution in [0.3, 0.4) is 0 Å². The Hall–Kier alpha value is 1.20. The minimum Gasteiger partial charge on any atom is -0.0818 e. The van der Waals surface area contributed by atoms with Crippen LogP contribution in [0.5, 0.6) is 0 Å². The summed E-state index contributed by atoms with van der Waals surface area (Å²) in [4.78, 5) is 0. The van der Waals surface area contributed by atoms with Crippen LogP contribution < -0.4 is 0 Å². The molecule has 0 spiro atoms. The fraction of sp³-hybridized carbons (Fsp3) is 0.800. The first-order valence-corrected chi connectivity index (χ1v) is 7.32. The monoisotopic (exact) mass is 392 g/mol. The van der Waals surface area contributed by atoms with Gasteiger partial charge in [0.05, 0.1) is 0 Å². The topological polar surface area (TPSA) is 0 Å². The Morgan fingerprint density at radius 3 is 2.42 bits per heavy atom. The standard InChI is InChI=1S/C10H18I2/c1-2-3-4-5-6-7-10(12)8-9-11/h8H,2-7,9H2,1H3/b10-8-. The molecule has 0 aliphatic carbocycles. The molecule has 72 valence electrons. The first-order chi connectivity index (χ1) is 5.81. The van der Waals surface area contributed by atoms with Crippen molar-refractivity contribution in [3.8, 4) is 0 Å². The van der Waals surface area contributed by atoms with Crippen LogP contribution in [0, 0.1) is 0 Å². The molecule has 0 amide bonds. The summed E-state index contributed by atoms with van der Waals surface area (Å²) in [5.74, 6) is 0. The van der Waals surface area contributed by atoms with E-state index < -0.39 is 0 Å². The predicted octanol–water partition coefficient (Wildman–Crippen LogP) is 5.10. The lowest BCUT2D eigenvalue weighted by molar-refractivity contribution is 0.636. The van der Waals surface area contributed by atoms with Gasteiger partial charge < -0.3 is 0 Å². The maximum absolute atomic E-state index is 2.46. The highest BCUT2D eigenvalue weighted by molar-refractivity contribution is 14.1. The summed E-state index contributed by atoms with van der Waals surface area (Å²) >= 11 is 4.85. The summed E-state index contributed by atoms with van der Waals surface area (Å²) in [7, 11) is 0. The molecule has 0 N–H and O–H groups in total. The molecule has 0 aromatic heterocycles. The third-order valence-electron chi connectivity index (χ3n) is 1.82. The zero-order valence-electron chi connectivity index (χ0n) is 7.78. The van der Waals surface area contributed by atoms with Gasteiger partial charge >= 0.3 is 0 Å².